The minimum absolute atomic E-state index is 0.0336. The molecule has 1 aromatic rings. The van der Waals surface area contributed by atoms with Gasteiger partial charge in [0.05, 0.1) is 6.10 Å². The van der Waals surface area contributed by atoms with Crippen molar-refractivity contribution >= 4 is 15.9 Å². The molecule has 1 rings (SSSR count). The first kappa shape index (κ1) is 15.7. The van der Waals surface area contributed by atoms with Crippen LogP contribution in [0, 0.1) is 5.41 Å². The summed E-state index contributed by atoms with van der Waals surface area (Å²) in [4.78, 5) is 2.25. The van der Waals surface area contributed by atoms with Gasteiger partial charge in [0.15, 0.2) is 0 Å². The van der Waals surface area contributed by atoms with Gasteiger partial charge in [-0.3, -0.25) is 0 Å². The van der Waals surface area contributed by atoms with Crippen LogP contribution in [0.1, 0.15) is 32.8 Å². The first-order valence-corrected chi connectivity index (χ1v) is 7.20. The first-order chi connectivity index (χ1) is 8.30. The summed E-state index contributed by atoms with van der Waals surface area (Å²) in [6, 6.07) is 8.27. The van der Waals surface area contributed by atoms with Gasteiger partial charge in [-0.2, -0.15) is 0 Å². The lowest BCUT2D eigenvalue weighted by Gasteiger charge is -2.27. The zero-order chi connectivity index (χ0) is 13.8. The quantitative estimate of drug-likeness (QED) is 0.896. The highest BCUT2D eigenvalue weighted by Gasteiger charge is 2.21. The number of hydrogen-bond acceptors (Lipinski definition) is 2. The van der Waals surface area contributed by atoms with Crippen LogP contribution in [0.3, 0.4) is 0 Å². The Morgan fingerprint density at radius 1 is 1.28 bits per heavy atom. The van der Waals surface area contributed by atoms with E-state index in [1.165, 1.54) is 5.56 Å². The molecule has 1 N–H and O–H groups in total. The Bertz CT molecular complexity index is 373. The van der Waals surface area contributed by atoms with E-state index in [1.807, 2.05) is 6.07 Å². The van der Waals surface area contributed by atoms with Crippen LogP contribution in [-0.4, -0.2) is 29.7 Å². The van der Waals surface area contributed by atoms with E-state index in [0.717, 1.165) is 24.0 Å². The van der Waals surface area contributed by atoms with E-state index in [0.29, 0.717) is 0 Å². The molecule has 3 heteroatoms. The topological polar surface area (TPSA) is 23.5 Å². The van der Waals surface area contributed by atoms with Crippen LogP contribution in [0.25, 0.3) is 0 Å². The van der Waals surface area contributed by atoms with Gasteiger partial charge in [0.2, 0.25) is 0 Å². The Hall–Kier alpha value is -0.380. The summed E-state index contributed by atoms with van der Waals surface area (Å²) in [7, 11) is 2.09. The maximum absolute atomic E-state index is 10.0. The molecule has 0 aliphatic heterocycles. The molecular formula is C15H24BrNO. The van der Waals surface area contributed by atoms with Gasteiger partial charge in [-0.25, -0.2) is 0 Å². The summed E-state index contributed by atoms with van der Waals surface area (Å²) >= 11 is 3.56. The number of rotatable bonds is 5. The summed E-state index contributed by atoms with van der Waals surface area (Å²) in [6.45, 7) is 8.03. The van der Waals surface area contributed by atoms with E-state index in [9.17, 15) is 5.11 Å². The van der Waals surface area contributed by atoms with Crippen molar-refractivity contribution < 1.29 is 5.11 Å². The van der Waals surface area contributed by atoms with Gasteiger partial charge in [-0.1, -0.05) is 54.9 Å². The molecule has 0 amide bonds. The average molecular weight is 314 g/mol. The van der Waals surface area contributed by atoms with Gasteiger partial charge in [-0.15, -0.1) is 0 Å². The fraction of sp³-hybridized carbons (Fsp3) is 0.600. The molecule has 0 aromatic heterocycles. The van der Waals surface area contributed by atoms with Gasteiger partial charge in [0.1, 0.15) is 0 Å². The lowest BCUT2D eigenvalue weighted by Crippen LogP contribution is -2.31. The van der Waals surface area contributed by atoms with Crippen molar-refractivity contribution in [2.24, 2.45) is 5.41 Å². The molecule has 18 heavy (non-hydrogen) atoms. The Balaban J connectivity index is 2.43. The van der Waals surface area contributed by atoms with E-state index in [4.69, 9.17) is 0 Å². The molecular weight excluding hydrogens is 290 g/mol. The van der Waals surface area contributed by atoms with Gasteiger partial charge in [0.25, 0.3) is 0 Å². The maximum Gasteiger partial charge on any atom is 0.0600 e. The van der Waals surface area contributed by atoms with Crippen molar-refractivity contribution in [2.75, 3.05) is 13.6 Å². The monoisotopic (exact) mass is 313 g/mol. The van der Waals surface area contributed by atoms with E-state index < -0.39 is 0 Å². The van der Waals surface area contributed by atoms with E-state index in [-0.39, 0.29) is 11.5 Å². The molecule has 0 heterocycles. The van der Waals surface area contributed by atoms with E-state index in [1.54, 1.807) is 0 Å². The number of aliphatic hydroxyl groups is 1. The lowest BCUT2D eigenvalue weighted by molar-refractivity contribution is 0.0473. The lowest BCUT2D eigenvalue weighted by atomic mass is 9.87. The molecule has 0 radical (unpaired) electrons. The molecule has 0 fully saturated rings. The first-order valence-electron chi connectivity index (χ1n) is 6.40. The second-order valence-electron chi connectivity index (χ2n) is 6.00. The number of benzene rings is 1. The Morgan fingerprint density at radius 2 is 1.89 bits per heavy atom. The van der Waals surface area contributed by atoms with Crippen LogP contribution in [0.5, 0.6) is 0 Å². The summed E-state index contributed by atoms with van der Waals surface area (Å²) < 4.78 is 1.15. The predicted molar refractivity (Wildman–Crippen MR) is 80.6 cm³/mol. The summed E-state index contributed by atoms with van der Waals surface area (Å²) in [6.07, 6.45) is 0.559. The standard InChI is InChI=1S/C15H24BrNO/c1-15(2,3)14(18)9-10-17(4)11-12-7-5-6-8-13(12)16/h5-8,14,18H,9-11H2,1-4H3. The molecule has 0 bridgehead atoms. The van der Waals surface area contributed by atoms with Crippen LogP contribution in [0.4, 0.5) is 0 Å². The van der Waals surface area contributed by atoms with Crippen molar-refractivity contribution in [3.05, 3.63) is 34.3 Å². The van der Waals surface area contributed by atoms with Crippen LogP contribution >= 0.6 is 15.9 Å². The number of hydrogen-bond donors (Lipinski definition) is 1. The van der Waals surface area contributed by atoms with Gasteiger partial charge in [0, 0.05) is 17.6 Å². The Labute approximate surface area is 119 Å². The Morgan fingerprint density at radius 3 is 2.44 bits per heavy atom. The fourth-order valence-electron chi connectivity index (χ4n) is 1.77. The van der Waals surface area contributed by atoms with Crippen molar-refractivity contribution in [3.63, 3.8) is 0 Å². The highest BCUT2D eigenvalue weighted by Crippen LogP contribution is 2.22. The molecule has 0 saturated carbocycles. The van der Waals surface area contributed by atoms with Crippen LogP contribution in [-0.2, 0) is 6.54 Å². The number of halogens is 1. The van der Waals surface area contributed by atoms with Gasteiger partial charge in [-0.05, 0) is 30.5 Å². The molecule has 1 atom stereocenters. The largest absolute Gasteiger partial charge is 0.393 e. The summed E-state index contributed by atoms with van der Waals surface area (Å²) in [5.74, 6) is 0. The molecule has 2 nitrogen and oxygen atoms in total. The number of aliphatic hydroxyl groups excluding tert-OH is 1. The van der Waals surface area contributed by atoms with Gasteiger partial charge >= 0.3 is 0 Å². The molecule has 1 aromatic carbocycles. The Kier molecular flexibility index (Phi) is 5.83. The molecule has 102 valence electrons. The molecule has 0 aliphatic rings. The molecule has 0 saturated heterocycles. The third-order valence-corrected chi connectivity index (χ3v) is 3.96. The second-order valence-corrected chi connectivity index (χ2v) is 6.85. The zero-order valence-corrected chi connectivity index (χ0v) is 13.4. The van der Waals surface area contributed by atoms with Crippen LogP contribution < -0.4 is 0 Å². The van der Waals surface area contributed by atoms with Crippen molar-refractivity contribution in [3.8, 4) is 0 Å². The summed E-state index contributed by atoms with van der Waals surface area (Å²) in [5.41, 5.74) is 1.25. The highest BCUT2D eigenvalue weighted by molar-refractivity contribution is 9.10. The fourth-order valence-corrected chi connectivity index (χ4v) is 2.18. The SMILES string of the molecule is CN(CCC(O)C(C)(C)C)Cc1ccccc1Br. The molecule has 0 aliphatic carbocycles. The van der Waals surface area contributed by atoms with Crippen molar-refractivity contribution in [2.45, 2.75) is 39.8 Å². The normalized spacial score (nSPS) is 13.9. The zero-order valence-electron chi connectivity index (χ0n) is 11.8. The summed E-state index contributed by atoms with van der Waals surface area (Å²) in [5, 5.41) is 10.0. The van der Waals surface area contributed by atoms with E-state index >= 15 is 0 Å². The minimum Gasteiger partial charge on any atom is -0.393 e. The predicted octanol–water partition coefficient (Wildman–Crippen LogP) is 3.68. The third kappa shape index (κ3) is 5.09. The third-order valence-electron chi connectivity index (χ3n) is 3.18. The maximum atomic E-state index is 10.0. The van der Waals surface area contributed by atoms with Crippen molar-refractivity contribution in [1.29, 1.82) is 0 Å². The minimum atomic E-state index is -0.251. The smallest absolute Gasteiger partial charge is 0.0600 e. The molecule has 0 spiro atoms. The average Bonchev–Trinajstić information content (AvgIpc) is 2.27. The molecule has 1 unspecified atom stereocenters. The van der Waals surface area contributed by atoms with Gasteiger partial charge < -0.3 is 10.0 Å². The number of nitrogens with zero attached hydrogens (tertiary/aromatic N) is 1. The van der Waals surface area contributed by atoms with E-state index in [2.05, 4.69) is 66.8 Å². The van der Waals surface area contributed by atoms with Crippen LogP contribution in [0.15, 0.2) is 28.7 Å². The van der Waals surface area contributed by atoms with Crippen LogP contribution in [0.2, 0.25) is 0 Å². The van der Waals surface area contributed by atoms with Crippen molar-refractivity contribution in [1.82, 2.24) is 4.90 Å². The highest BCUT2D eigenvalue weighted by atomic mass is 79.9. The second kappa shape index (κ2) is 6.69.